The quantitative estimate of drug-likeness (QED) is 0.134. The number of oxime groups is 1. The zero-order valence-electron chi connectivity index (χ0n) is 26.0. The number of ether oxygens (including phenoxy) is 1. The van der Waals surface area contributed by atoms with E-state index in [1.54, 1.807) is 29.1 Å². The van der Waals surface area contributed by atoms with Crippen molar-refractivity contribution in [1.82, 2.24) is 15.0 Å². The molecule has 242 valence electrons. The van der Waals surface area contributed by atoms with E-state index in [4.69, 9.17) is 26.3 Å². The zero-order chi connectivity index (χ0) is 31.5. The highest BCUT2D eigenvalue weighted by Crippen LogP contribution is 2.62. The Bertz CT molecular complexity index is 1340. The normalized spacial score (nSPS) is 28.7. The van der Waals surface area contributed by atoms with E-state index < -0.39 is 23.3 Å². The molecule has 11 heteroatoms. The van der Waals surface area contributed by atoms with Gasteiger partial charge in [0.2, 0.25) is 5.79 Å². The van der Waals surface area contributed by atoms with Crippen LogP contribution in [-0.2, 0) is 11.3 Å². The van der Waals surface area contributed by atoms with Gasteiger partial charge in [-0.3, -0.25) is 0 Å². The number of unbranched alkanes of at least 4 members (excludes halogenated alkanes) is 2. The van der Waals surface area contributed by atoms with Crippen molar-refractivity contribution in [2.45, 2.75) is 102 Å². The van der Waals surface area contributed by atoms with Crippen LogP contribution in [0, 0.1) is 17.8 Å². The molecule has 6 unspecified atom stereocenters. The molecule has 44 heavy (non-hydrogen) atoms. The molecule has 10 nitrogen and oxygen atoms in total. The molecule has 0 radical (unpaired) electrons. The lowest BCUT2D eigenvalue weighted by Gasteiger charge is -2.56. The first-order valence-corrected chi connectivity index (χ1v) is 16.5. The molecule has 1 aromatic carbocycles. The Labute approximate surface area is 264 Å². The van der Waals surface area contributed by atoms with Gasteiger partial charge in [-0.1, -0.05) is 29.3 Å². The predicted octanol–water partition coefficient (Wildman–Crippen LogP) is 5.25. The molecule has 1 fully saturated rings. The van der Waals surface area contributed by atoms with Crippen molar-refractivity contribution in [3.05, 3.63) is 47.3 Å². The van der Waals surface area contributed by atoms with Crippen molar-refractivity contribution < 1.29 is 30.0 Å². The van der Waals surface area contributed by atoms with Gasteiger partial charge in [-0.2, -0.15) is 0 Å². The monoisotopic (exact) mass is 630 g/mol. The summed E-state index contributed by atoms with van der Waals surface area (Å²) in [6, 6.07) is 4.43. The first kappa shape index (κ1) is 32.7. The van der Waals surface area contributed by atoms with E-state index >= 15 is 0 Å². The second kappa shape index (κ2) is 13.8. The second-order valence-corrected chi connectivity index (χ2v) is 13.8. The molecule has 0 spiro atoms. The average Bonchev–Trinajstić information content (AvgIpc) is 3.44. The van der Waals surface area contributed by atoms with Crippen LogP contribution in [0.15, 0.2) is 41.2 Å². The Balaban J connectivity index is 1.71. The number of phenols is 1. The van der Waals surface area contributed by atoms with Crippen molar-refractivity contribution in [2.75, 3.05) is 19.1 Å². The van der Waals surface area contributed by atoms with Gasteiger partial charge in [0, 0.05) is 37.0 Å². The number of rotatable bonds is 13. The Morgan fingerprint density at radius 3 is 2.57 bits per heavy atom. The van der Waals surface area contributed by atoms with Crippen LogP contribution in [0.1, 0.15) is 95.4 Å². The number of hydrogen-bond acceptors (Lipinski definition) is 9. The van der Waals surface area contributed by atoms with Gasteiger partial charge >= 0.3 is 0 Å². The summed E-state index contributed by atoms with van der Waals surface area (Å²) < 4.78 is 8.40. The topological polar surface area (TPSA) is 142 Å². The van der Waals surface area contributed by atoms with Gasteiger partial charge in [-0.05, 0) is 94.9 Å². The van der Waals surface area contributed by atoms with Gasteiger partial charge in [0.25, 0.3) is 0 Å². The molecule has 0 saturated heterocycles. The number of nitrogens with zero attached hydrogens (tertiary/aromatic N) is 4. The summed E-state index contributed by atoms with van der Waals surface area (Å²) >= 11 is 6.05. The predicted molar refractivity (Wildman–Crippen MR) is 168 cm³/mol. The lowest BCUT2D eigenvalue weighted by Crippen LogP contribution is -2.62. The van der Waals surface area contributed by atoms with Crippen molar-refractivity contribution in [2.24, 2.45) is 22.9 Å². The smallest absolute Gasteiger partial charge is 0.238 e. The minimum atomic E-state index is -1.70. The summed E-state index contributed by atoms with van der Waals surface area (Å²) in [5, 5.41) is 56.2. The third-order valence-electron chi connectivity index (χ3n) is 9.20. The number of aromatic nitrogens is 3. The Morgan fingerprint density at radius 1 is 1.11 bits per heavy atom. The minimum absolute atomic E-state index is 0.0833. The van der Waals surface area contributed by atoms with E-state index in [0.29, 0.717) is 37.3 Å². The first-order valence-electron chi connectivity index (χ1n) is 16.0. The molecule has 1 saturated carbocycles. The summed E-state index contributed by atoms with van der Waals surface area (Å²) in [6.07, 6.45) is 10.4. The van der Waals surface area contributed by atoms with E-state index in [0.717, 1.165) is 54.6 Å². The molecule has 0 amide bonds. The number of phenolic OH excluding ortho intramolecular Hbond substituents is 1. The van der Waals surface area contributed by atoms with Crippen molar-refractivity contribution >= 4 is 17.3 Å². The van der Waals surface area contributed by atoms with Gasteiger partial charge in [-0.25, -0.2) is 4.68 Å². The fraction of sp³-hybridized carbons (Fsp3) is 0.667. The number of aliphatic hydroxyl groups excluding tert-OH is 2. The Hall–Kier alpha value is -2.66. The van der Waals surface area contributed by atoms with Crippen LogP contribution in [0.3, 0.4) is 0 Å². The van der Waals surface area contributed by atoms with Gasteiger partial charge in [0.15, 0.2) is 0 Å². The minimum Gasteiger partial charge on any atom is -0.508 e. The number of aromatic hydroxyl groups is 1. The molecule has 4 N–H and O–H groups in total. The fourth-order valence-electron chi connectivity index (χ4n) is 7.35. The van der Waals surface area contributed by atoms with Crippen LogP contribution in [0.2, 0.25) is 0 Å². The maximum Gasteiger partial charge on any atom is 0.238 e. The number of fused-ring (bicyclic) bond motifs is 2. The van der Waals surface area contributed by atoms with Crippen molar-refractivity contribution in [3.8, 4) is 11.5 Å². The molecule has 2 aromatic rings. The number of allylic oxidation sites excluding steroid dienone is 1. The number of halogens is 1. The maximum atomic E-state index is 12.9. The zero-order valence-corrected chi connectivity index (χ0v) is 26.8. The molecule has 1 aliphatic heterocycles. The summed E-state index contributed by atoms with van der Waals surface area (Å²) in [5.74, 6) is -1.08. The molecular weight excluding hydrogens is 584 g/mol. The highest BCUT2D eigenvalue weighted by atomic mass is 35.5. The molecule has 2 heterocycles. The van der Waals surface area contributed by atoms with Crippen LogP contribution in [-0.4, -0.2) is 71.6 Å². The number of benzene rings is 1. The highest BCUT2D eigenvalue weighted by molar-refractivity contribution is 6.17. The summed E-state index contributed by atoms with van der Waals surface area (Å²) in [4.78, 5) is 6.02. The van der Waals surface area contributed by atoms with E-state index in [-0.39, 0.29) is 36.7 Å². The van der Waals surface area contributed by atoms with Gasteiger partial charge in [0.1, 0.15) is 23.1 Å². The van der Waals surface area contributed by atoms with E-state index in [9.17, 15) is 20.4 Å². The molecule has 2 aliphatic carbocycles. The van der Waals surface area contributed by atoms with Crippen LogP contribution in [0.5, 0.6) is 11.5 Å². The third kappa shape index (κ3) is 6.64. The molecule has 6 atom stereocenters. The molecule has 5 rings (SSSR count). The number of aliphatic hydroxyl groups is 3. The molecule has 1 aromatic heterocycles. The van der Waals surface area contributed by atoms with Crippen LogP contribution in [0.25, 0.3) is 0 Å². The first-order chi connectivity index (χ1) is 21.1. The number of alkyl halides is 1. The van der Waals surface area contributed by atoms with E-state index in [1.165, 1.54) is 0 Å². The van der Waals surface area contributed by atoms with Crippen molar-refractivity contribution in [1.29, 1.82) is 0 Å². The molecule has 3 aliphatic rings. The van der Waals surface area contributed by atoms with Gasteiger partial charge in [-0.15, -0.1) is 16.7 Å². The Morgan fingerprint density at radius 2 is 1.86 bits per heavy atom. The van der Waals surface area contributed by atoms with Crippen molar-refractivity contribution in [3.63, 3.8) is 0 Å². The third-order valence-corrected chi connectivity index (χ3v) is 9.47. The van der Waals surface area contributed by atoms with Crippen LogP contribution < -0.4 is 4.74 Å². The highest BCUT2D eigenvalue weighted by Gasteiger charge is 2.63. The largest absolute Gasteiger partial charge is 0.508 e. The molecule has 0 bridgehead atoms. The summed E-state index contributed by atoms with van der Waals surface area (Å²) in [7, 11) is 0. The summed E-state index contributed by atoms with van der Waals surface area (Å²) in [6.45, 7) is 6.09. The van der Waals surface area contributed by atoms with Crippen LogP contribution >= 0.6 is 11.6 Å². The standard InChI is InChI=1S/C33H47ClN4O6/c1-32(2,3)44-36-27-19-29(38-22(10-8-14-34)20-35-37-38)33(42)31-25(27)17-21(9-4-6-15-39)24(11-5-7-16-40)30(31)26-18-23(41)12-13-28(26)43-33/h12-13,17-18,20-21,24,29-31,39-42H,4-11,14-16,19H2,1-3H3. The SMILES string of the molecule is CC(C)(C)ON=C1CC(n2nncc2CCCCl)C2(O)Oc3ccc(O)cc3C3C(CCCCO)C(CCCCO)C=C1C32. The number of hydrogen-bond donors (Lipinski definition) is 4. The lowest BCUT2D eigenvalue weighted by molar-refractivity contribution is -0.225. The fourth-order valence-corrected chi connectivity index (χ4v) is 7.49. The maximum absolute atomic E-state index is 12.9. The van der Waals surface area contributed by atoms with E-state index in [1.807, 2.05) is 20.8 Å². The second-order valence-electron chi connectivity index (χ2n) is 13.4. The van der Waals surface area contributed by atoms with E-state index in [2.05, 4.69) is 16.4 Å². The van der Waals surface area contributed by atoms with Gasteiger partial charge in [0.05, 0.1) is 23.5 Å². The Kier molecular flexibility index (Phi) is 10.2. The van der Waals surface area contributed by atoms with Crippen LogP contribution in [0.4, 0.5) is 0 Å². The summed E-state index contributed by atoms with van der Waals surface area (Å²) in [5.41, 5.74) is 2.79. The molecular formula is C33H47ClN4O6. The van der Waals surface area contributed by atoms with Gasteiger partial charge < -0.3 is 30.0 Å². The lowest BCUT2D eigenvalue weighted by atomic mass is 9.55. The number of aryl methyl sites for hydroxylation is 1. The average molecular weight is 631 g/mol.